The third kappa shape index (κ3) is 4.13. The highest BCUT2D eigenvalue weighted by Crippen LogP contribution is 2.32. The third-order valence-corrected chi connectivity index (χ3v) is 4.86. The van der Waals surface area contributed by atoms with Gasteiger partial charge in [-0.05, 0) is 37.5 Å². The number of aryl methyl sites for hydroxylation is 1. The van der Waals surface area contributed by atoms with E-state index in [-0.39, 0.29) is 12.7 Å². The van der Waals surface area contributed by atoms with E-state index in [0.717, 1.165) is 43.0 Å². The molecule has 4 rings (SSSR count). The molecule has 0 unspecified atom stereocenters. The monoisotopic (exact) mass is 368 g/mol. The average molecular weight is 368 g/mol. The molecule has 0 atom stereocenters. The minimum atomic E-state index is -0.00599. The Morgan fingerprint density at radius 2 is 1.85 bits per heavy atom. The lowest BCUT2D eigenvalue weighted by atomic mass is 10.2. The number of benzene rings is 1. The van der Waals surface area contributed by atoms with Crippen LogP contribution in [0.3, 0.4) is 0 Å². The van der Waals surface area contributed by atoms with Crippen LogP contribution in [-0.4, -0.2) is 40.7 Å². The van der Waals surface area contributed by atoms with E-state index in [9.17, 15) is 4.79 Å². The lowest BCUT2D eigenvalue weighted by molar-refractivity contribution is 0.0755. The first-order valence-corrected chi connectivity index (χ1v) is 9.46. The first kappa shape index (κ1) is 17.6. The zero-order chi connectivity index (χ0) is 18.6. The number of carbonyl (C=O) groups is 1. The topological polar surface area (TPSA) is 76.6 Å². The summed E-state index contributed by atoms with van der Waals surface area (Å²) in [6, 6.07) is 7.58. The molecule has 0 radical (unpaired) electrons. The molecule has 0 aliphatic carbocycles. The number of nitrogens with one attached hydrogen (secondary N) is 1. The molecule has 0 spiro atoms. The molecule has 7 nitrogen and oxygen atoms in total. The number of anilines is 1. The average Bonchev–Trinajstić information content (AvgIpc) is 2.97. The summed E-state index contributed by atoms with van der Waals surface area (Å²) in [7, 11) is 0. The number of rotatable bonds is 4. The molecule has 0 bridgehead atoms. The van der Waals surface area contributed by atoms with Gasteiger partial charge in [0.05, 0.1) is 0 Å². The number of hydrogen-bond acceptors (Lipinski definition) is 6. The summed E-state index contributed by atoms with van der Waals surface area (Å²) in [5.74, 6) is 2.75. The van der Waals surface area contributed by atoms with Crippen LogP contribution in [0.25, 0.3) is 0 Å². The second kappa shape index (κ2) is 7.82. The van der Waals surface area contributed by atoms with Crippen molar-refractivity contribution in [2.24, 2.45) is 0 Å². The summed E-state index contributed by atoms with van der Waals surface area (Å²) in [5.41, 5.74) is 1.51. The fourth-order valence-corrected chi connectivity index (χ4v) is 3.45. The molecule has 1 aromatic heterocycles. The Kier molecular flexibility index (Phi) is 5.09. The summed E-state index contributed by atoms with van der Waals surface area (Å²) < 4.78 is 10.7. The quantitative estimate of drug-likeness (QED) is 0.893. The number of nitrogens with zero attached hydrogens (tertiary/aromatic N) is 3. The summed E-state index contributed by atoms with van der Waals surface area (Å²) in [6.45, 7) is 4.26. The van der Waals surface area contributed by atoms with Gasteiger partial charge in [0.15, 0.2) is 11.5 Å². The lowest BCUT2D eigenvalue weighted by Gasteiger charge is -2.20. The maximum atomic E-state index is 12.8. The first-order valence-electron chi connectivity index (χ1n) is 9.46. The van der Waals surface area contributed by atoms with Crippen molar-refractivity contribution >= 4 is 11.7 Å². The van der Waals surface area contributed by atoms with Crippen molar-refractivity contribution in [3.63, 3.8) is 0 Å². The van der Waals surface area contributed by atoms with Crippen LogP contribution >= 0.6 is 0 Å². The van der Waals surface area contributed by atoms with E-state index in [2.05, 4.69) is 15.3 Å². The standard InChI is InChI=1S/C20H24N4O3/c1-14-22-16(20(25)24-8-4-2-3-5-9-24)11-19(23-14)21-12-15-6-7-17-18(10-15)27-13-26-17/h6-7,10-11H,2-5,8-9,12-13H2,1H3,(H,21,22,23). The molecule has 27 heavy (non-hydrogen) atoms. The first-order chi connectivity index (χ1) is 13.2. The van der Waals surface area contributed by atoms with Crippen LogP contribution in [0.1, 0.15) is 47.6 Å². The second-order valence-corrected chi connectivity index (χ2v) is 6.93. The normalized spacial score (nSPS) is 16.1. The molecule has 7 heteroatoms. The van der Waals surface area contributed by atoms with Gasteiger partial charge in [0.2, 0.25) is 6.79 Å². The molecule has 1 N–H and O–H groups in total. The lowest BCUT2D eigenvalue weighted by Crippen LogP contribution is -2.32. The Bertz CT molecular complexity index is 832. The Labute approximate surface area is 158 Å². The minimum absolute atomic E-state index is 0.00599. The molecule has 1 saturated heterocycles. The predicted molar refractivity (Wildman–Crippen MR) is 101 cm³/mol. The molecule has 1 fully saturated rings. The number of fused-ring (bicyclic) bond motifs is 1. The highest BCUT2D eigenvalue weighted by Gasteiger charge is 2.20. The number of ether oxygens (including phenoxy) is 2. The van der Waals surface area contributed by atoms with Crippen LogP contribution in [0.4, 0.5) is 5.82 Å². The number of aromatic nitrogens is 2. The Balaban J connectivity index is 1.46. The fraction of sp³-hybridized carbons (Fsp3) is 0.450. The highest BCUT2D eigenvalue weighted by atomic mass is 16.7. The van der Waals surface area contributed by atoms with Gasteiger partial charge in [-0.3, -0.25) is 4.79 Å². The van der Waals surface area contributed by atoms with Gasteiger partial charge in [-0.15, -0.1) is 0 Å². The number of hydrogen-bond donors (Lipinski definition) is 1. The van der Waals surface area contributed by atoms with Crippen molar-refractivity contribution < 1.29 is 14.3 Å². The van der Waals surface area contributed by atoms with Crippen LogP contribution in [-0.2, 0) is 6.54 Å². The summed E-state index contributed by atoms with van der Waals surface area (Å²) in [6.07, 6.45) is 4.50. The molecular formula is C20H24N4O3. The Hall–Kier alpha value is -2.83. The van der Waals surface area contributed by atoms with E-state index < -0.39 is 0 Å². The van der Waals surface area contributed by atoms with Crippen LogP contribution in [0.2, 0.25) is 0 Å². The number of likely N-dealkylation sites (tertiary alicyclic amines) is 1. The van der Waals surface area contributed by atoms with E-state index in [0.29, 0.717) is 23.9 Å². The van der Waals surface area contributed by atoms with Crippen LogP contribution in [0, 0.1) is 6.92 Å². The predicted octanol–water partition coefficient (Wildman–Crippen LogP) is 3.14. The van der Waals surface area contributed by atoms with Gasteiger partial charge >= 0.3 is 0 Å². The van der Waals surface area contributed by atoms with E-state index in [4.69, 9.17) is 9.47 Å². The number of amides is 1. The molecule has 2 aliphatic heterocycles. The molecule has 1 amide bonds. The van der Waals surface area contributed by atoms with Gasteiger partial charge in [0.25, 0.3) is 5.91 Å². The molecule has 3 heterocycles. The molecule has 0 saturated carbocycles. The van der Waals surface area contributed by atoms with Crippen molar-refractivity contribution in [3.8, 4) is 11.5 Å². The van der Waals surface area contributed by atoms with Gasteiger partial charge in [-0.1, -0.05) is 18.9 Å². The van der Waals surface area contributed by atoms with Crippen molar-refractivity contribution in [1.29, 1.82) is 0 Å². The second-order valence-electron chi connectivity index (χ2n) is 6.93. The zero-order valence-electron chi connectivity index (χ0n) is 15.5. The summed E-state index contributed by atoms with van der Waals surface area (Å²) >= 11 is 0. The SMILES string of the molecule is Cc1nc(NCc2ccc3c(c2)OCO3)cc(C(=O)N2CCCCCC2)n1. The van der Waals surface area contributed by atoms with Gasteiger partial charge in [0.1, 0.15) is 17.3 Å². The van der Waals surface area contributed by atoms with E-state index in [1.54, 1.807) is 6.07 Å². The molecule has 2 aromatic rings. The molecule has 2 aliphatic rings. The maximum absolute atomic E-state index is 12.8. The Morgan fingerprint density at radius 3 is 2.67 bits per heavy atom. The van der Waals surface area contributed by atoms with Crippen molar-refractivity contribution in [2.75, 3.05) is 25.2 Å². The van der Waals surface area contributed by atoms with Crippen molar-refractivity contribution in [3.05, 3.63) is 41.3 Å². The van der Waals surface area contributed by atoms with Crippen LogP contribution in [0.5, 0.6) is 11.5 Å². The zero-order valence-corrected chi connectivity index (χ0v) is 15.5. The maximum Gasteiger partial charge on any atom is 0.272 e. The van der Waals surface area contributed by atoms with Gasteiger partial charge in [0, 0.05) is 25.7 Å². The third-order valence-electron chi connectivity index (χ3n) is 4.86. The largest absolute Gasteiger partial charge is 0.454 e. The molecule has 1 aromatic carbocycles. The molecule has 142 valence electrons. The summed E-state index contributed by atoms with van der Waals surface area (Å²) in [4.78, 5) is 23.5. The Morgan fingerprint density at radius 1 is 1.07 bits per heavy atom. The van der Waals surface area contributed by atoms with Crippen molar-refractivity contribution in [1.82, 2.24) is 14.9 Å². The highest BCUT2D eigenvalue weighted by molar-refractivity contribution is 5.93. The van der Waals surface area contributed by atoms with Gasteiger partial charge < -0.3 is 19.7 Å². The number of carbonyl (C=O) groups excluding carboxylic acids is 1. The van der Waals surface area contributed by atoms with E-state index in [1.165, 1.54) is 12.8 Å². The van der Waals surface area contributed by atoms with Crippen molar-refractivity contribution in [2.45, 2.75) is 39.2 Å². The van der Waals surface area contributed by atoms with E-state index >= 15 is 0 Å². The fourth-order valence-electron chi connectivity index (χ4n) is 3.45. The van der Waals surface area contributed by atoms with Crippen LogP contribution < -0.4 is 14.8 Å². The van der Waals surface area contributed by atoms with E-state index in [1.807, 2.05) is 30.0 Å². The smallest absolute Gasteiger partial charge is 0.272 e. The molecular weight excluding hydrogens is 344 g/mol. The minimum Gasteiger partial charge on any atom is -0.454 e. The van der Waals surface area contributed by atoms with Gasteiger partial charge in [-0.25, -0.2) is 9.97 Å². The van der Waals surface area contributed by atoms with Crippen LogP contribution in [0.15, 0.2) is 24.3 Å². The summed E-state index contributed by atoms with van der Waals surface area (Å²) in [5, 5.41) is 3.29. The van der Waals surface area contributed by atoms with Gasteiger partial charge in [-0.2, -0.15) is 0 Å².